The van der Waals surface area contributed by atoms with Gasteiger partial charge in [-0.15, -0.1) is 0 Å². The molecule has 0 bridgehead atoms. The second-order valence-corrected chi connectivity index (χ2v) is 7.22. The Morgan fingerprint density at radius 3 is 2.62 bits per heavy atom. The molecular weight excluding hydrogens is 393 g/mol. The molecule has 0 unspecified atom stereocenters. The molecule has 0 aliphatic rings. The number of benzene rings is 2. The van der Waals surface area contributed by atoms with E-state index in [1.807, 2.05) is 37.3 Å². The van der Waals surface area contributed by atoms with Crippen molar-refractivity contribution in [3.63, 3.8) is 0 Å². The molecule has 0 spiro atoms. The van der Waals surface area contributed by atoms with Crippen molar-refractivity contribution in [2.24, 2.45) is 0 Å². The zero-order valence-corrected chi connectivity index (χ0v) is 16.2. The van der Waals surface area contributed by atoms with Crippen molar-refractivity contribution in [2.45, 2.75) is 12.1 Å². The zero-order chi connectivity index (χ0) is 20.4. The van der Waals surface area contributed by atoms with E-state index in [9.17, 15) is 14.0 Å². The minimum absolute atomic E-state index is 0.0320. The topological polar surface area (TPSA) is 92.2 Å². The number of halogens is 1. The molecule has 146 valence electrons. The fourth-order valence-corrected chi connectivity index (χ4v) is 3.55. The van der Waals surface area contributed by atoms with Gasteiger partial charge in [-0.05, 0) is 36.8 Å². The van der Waals surface area contributed by atoms with E-state index >= 15 is 0 Å². The Morgan fingerprint density at radius 1 is 1.17 bits per heavy atom. The maximum Gasteiger partial charge on any atom is 0.350 e. The minimum atomic E-state index is -0.429. The highest BCUT2D eigenvalue weighted by atomic mass is 32.2. The Labute approximate surface area is 169 Å². The largest absolute Gasteiger partial charge is 0.350 e. The summed E-state index contributed by atoms with van der Waals surface area (Å²) in [4.78, 5) is 31.7. The molecule has 0 radical (unpaired) electrons. The molecule has 0 saturated carbocycles. The molecule has 0 saturated heterocycles. The Morgan fingerprint density at radius 2 is 1.90 bits per heavy atom. The molecule has 7 nitrogen and oxygen atoms in total. The van der Waals surface area contributed by atoms with E-state index in [0.717, 1.165) is 22.9 Å². The van der Waals surface area contributed by atoms with Crippen LogP contribution in [0.15, 0.2) is 64.5 Å². The van der Waals surface area contributed by atoms with Gasteiger partial charge >= 0.3 is 5.69 Å². The number of H-pyrrole nitrogens is 1. The number of aryl methyl sites for hydroxylation is 1. The first-order valence-electron chi connectivity index (χ1n) is 8.74. The lowest BCUT2D eigenvalue weighted by molar-refractivity contribution is -0.113. The molecule has 1 amide bonds. The average molecular weight is 409 g/mol. The number of amides is 1. The molecule has 2 heterocycles. The van der Waals surface area contributed by atoms with Crippen LogP contribution in [0.2, 0.25) is 0 Å². The number of carbonyl (C=O) groups is 1. The predicted molar refractivity (Wildman–Crippen MR) is 110 cm³/mol. The molecule has 2 N–H and O–H groups in total. The number of carbonyl (C=O) groups excluding carboxylic acids is 1. The standard InChI is InChI=1S/C20H16FN5O2S/c1-12-17(13-5-3-2-4-6-13)18-23-19(24-20(28)26(18)25-12)29-11-16(27)22-15-9-7-14(21)8-10-15/h2-10H,11H2,1H3,(H,22,27)(H,23,24,28). The number of thioether (sulfide) groups is 1. The van der Waals surface area contributed by atoms with Crippen molar-refractivity contribution in [3.05, 3.63) is 76.6 Å². The van der Waals surface area contributed by atoms with E-state index in [1.165, 1.54) is 28.8 Å². The summed E-state index contributed by atoms with van der Waals surface area (Å²) in [6, 6.07) is 15.1. The van der Waals surface area contributed by atoms with Crippen molar-refractivity contribution in [1.82, 2.24) is 19.6 Å². The van der Waals surface area contributed by atoms with Crippen LogP contribution in [0.25, 0.3) is 16.8 Å². The summed E-state index contributed by atoms with van der Waals surface area (Å²) < 4.78 is 14.2. The van der Waals surface area contributed by atoms with Gasteiger partial charge in [-0.1, -0.05) is 42.1 Å². The fraction of sp³-hybridized carbons (Fsp3) is 0.100. The smallest absolute Gasteiger partial charge is 0.325 e. The highest BCUT2D eigenvalue weighted by molar-refractivity contribution is 7.99. The Bertz CT molecular complexity index is 1240. The molecular formula is C20H16FN5O2S. The highest BCUT2D eigenvalue weighted by Crippen LogP contribution is 2.27. The van der Waals surface area contributed by atoms with Crippen molar-refractivity contribution in [3.8, 4) is 11.1 Å². The monoisotopic (exact) mass is 409 g/mol. The number of hydrogen-bond acceptors (Lipinski definition) is 5. The Hall–Kier alpha value is -3.46. The molecule has 4 rings (SSSR count). The first kappa shape index (κ1) is 18.9. The number of nitrogens with zero attached hydrogens (tertiary/aromatic N) is 3. The van der Waals surface area contributed by atoms with Crippen molar-refractivity contribution in [1.29, 1.82) is 0 Å². The SMILES string of the molecule is Cc1nn2c(=O)[nH]c(SCC(=O)Nc3ccc(F)cc3)nc2c1-c1ccccc1. The van der Waals surface area contributed by atoms with Gasteiger partial charge in [-0.3, -0.25) is 9.78 Å². The number of aromatic amines is 1. The van der Waals surface area contributed by atoms with Crippen LogP contribution in [0.4, 0.5) is 10.1 Å². The van der Waals surface area contributed by atoms with Crippen LogP contribution in [-0.2, 0) is 4.79 Å². The van der Waals surface area contributed by atoms with Gasteiger partial charge in [-0.2, -0.15) is 9.61 Å². The maximum atomic E-state index is 13.0. The number of anilines is 1. The lowest BCUT2D eigenvalue weighted by Crippen LogP contribution is -2.20. The molecule has 0 fully saturated rings. The van der Waals surface area contributed by atoms with Gasteiger partial charge in [-0.25, -0.2) is 14.2 Å². The molecule has 4 aromatic rings. The zero-order valence-electron chi connectivity index (χ0n) is 15.3. The molecule has 9 heteroatoms. The van der Waals surface area contributed by atoms with Crippen LogP contribution in [0.5, 0.6) is 0 Å². The van der Waals surface area contributed by atoms with Crippen LogP contribution < -0.4 is 11.0 Å². The van der Waals surface area contributed by atoms with E-state index in [0.29, 0.717) is 22.2 Å². The van der Waals surface area contributed by atoms with Crippen LogP contribution in [0.3, 0.4) is 0 Å². The summed E-state index contributed by atoms with van der Waals surface area (Å²) in [6.07, 6.45) is 0. The second kappa shape index (κ2) is 7.88. The third-order valence-corrected chi connectivity index (χ3v) is 5.05. The van der Waals surface area contributed by atoms with E-state index in [4.69, 9.17) is 0 Å². The van der Waals surface area contributed by atoms with E-state index in [2.05, 4.69) is 20.4 Å². The third-order valence-electron chi connectivity index (χ3n) is 4.18. The first-order chi connectivity index (χ1) is 14.0. The lowest BCUT2D eigenvalue weighted by atomic mass is 10.1. The number of rotatable bonds is 5. The summed E-state index contributed by atoms with van der Waals surface area (Å²) >= 11 is 1.10. The van der Waals surface area contributed by atoms with Crippen LogP contribution >= 0.6 is 11.8 Å². The Kier molecular flexibility index (Phi) is 5.13. The summed E-state index contributed by atoms with van der Waals surface area (Å²) in [5.74, 6) is -0.639. The van der Waals surface area contributed by atoms with Gasteiger partial charge in [0.15, 0.2) is 10.8 Å². The van der Waals surface area contributed by atoms with Crippen LogP contribution in [0, 0.1) is 12.7 Å². The lowest BCUT2D eigenvalue weighted by Gasteiger charge is -2.05. The number of hydrogen-bond donors (Lipinski definition) is 2. The van der Waals surface area contributed by atoms with Crippen molar-refractivity contribution in [2.75, 3.05) is 11.1 Å². The third kappa shape index (κ3) is 4.04. The maximum absolute atomic E-state index is 13.0. The molecule has 29 heavy (non-hydrogen) atoms. The van der Waals surface area contributed by atoms with E-state index < -0.39 is 5.69 Å². The average Bonchev–Trinajstić information content (AvgIpc) is 3.05. The molecule has 2 aromatic carbocycles. The fourth-order valence-electron chi connectivity index (χ4n) is 2.90. The second-order valence-electron chi connectivity index (χ2n) is 6.25. The van der Waals surface area contributed by atoms with Crippen molar-refractivity contribution < 1.29 is 9.18 Å². The Balaban J connectivity index is 1.57. The van der Waals surface area contributed by atoms with Gasteiger partial charge in [0.2, 0.25) is 5.91 Å². The van der Waals surface area contributed by atoms with Gasteiger partial charge in [0, 0.05) is 11.3 Å². The summed E-state index contributed by atoms with van der Waals surface area (Å²) in [6.45, 7) is 1.82. The van der Waals surface area contributed by atoms with Gasteiger partial charge in [0.1, 0.15) is 5.82 Å². The van der Waals surface area contributed by atoms with Crippen molar-refractivity contribution >= 4 is 29.0 Å². The number of aromatic nitrogens is 4. The van der Waals surface area contributed by atoms with E-state index in [1.54, 1.807) is 0 Å². The summed E-state index contributed by atoms with van der Waals surface area (Å²) in [7, 11) is 0. The van der Waals surface area contributed by atoms with Gasteiger partial charge in [0.05, 0.1) is 11.4 Å². The van der Waals surface area contributed by atoms with Crippen LogP contribution in [0.1, 0.15) is 5.69 Å². The minimum Gasteiger partial charge on any atom is -0.325 e. The highest BCUT2D eigenvalue weighted by Gasteiger charge is 2.16. The number of nitrogens with one attached hydrogen (secondary N) is 2. The quantitative estimate of drug-likeness (QED) is 0.494. The number of fused-ring (bicyclic) bond motifs is 1. The molecule has 0 aliphatic heterocycles. The summed E-state index contributed by atoms with van der Waals surface area (Å²) in [5, 5.41) is 7.26. The summed E-state index contributed by atoms with van der Waals surface area (Å²) in [5.41, 5.74) is 2.86. The molecule has 0 atom stereocenters. The normalized spacial score (nSPS) is 11.0. The predicted octanol–water partition coefficient (Wildman–Crippen LogP) is 3.26. The molecule has 0 aliphatic carbocycles. The van der Waals surface area contributed by atoms with Crippen LogP contribution in [-0.4, -0.2) is 31.2 Å². The van der Waals surface area contributed by atoms with Gasteiger partial charge < -0.3 is 5.32 Å². The molecule has 2 aromatic heterocycles. The first-order valence-corrected chi connectivity index (χ1v) is 9.73. The van der Waals surface area contributed by atoms with E-state index in [-0.39, 0.29) is 17.5 Å². The van der Waals surface area contributed by atoms with Gasteiger partial charge in [0.25, 0.3) is 0 Å².